The number of hydrogen-bond acceptors (Lipinski definition) is 4. The SMILES string of the molecule is COCC1(C(=O)O)CCCN1C(=O)c1ccccc1Cn1cccn1. The van der Waals surface area contributed by atoms with Crippen molar-refractivity contribution in [1.29, 1.82) is 0 Å². The molecule has 1 aliphatic rings. The zero-order valence-electron chi connectivity index (χ0n) is 14.1. The molecule has 1 aromatic carbocycles. The van der Waals surface area contributed by atoms with E-state index < -0.39 is 11.5 Å². The number of ether oxygens (including phenoxy) is 1. The first-order chi connectivity index (χ1) is 12.1. The van der Waals surface area contributed by atoms with E-state index in [0.29, 0.717) is 31.5 Å². The Kier molecular flexibility index (Phi) is 4.85. The van der Waals surface area contributed by atoms with Crippen LogP contribution in [-0.4, -0.2) is 57.5 Å². The molecule has 1 aromatic heterocycles. The molecule has 1 fully saturated rings. The average Bonchev–Trinajstić information content (AvgIpc) is 3.25. The van der Waals surface area contributed by atoms with Gasteiger partial charge in [-0.2, -0.15) is 5.10 Å². The van der Waals surface area contributed by atoms with Gasteiger partial charge in [-0.1, -0.05) is 18.2 Å². The molecule has 0 aliphatic carbocycles. The Balaban J connectivity index is 1.94. The molecule has 7 heteroatoms. The number of hydrogen-bond donors (Lipinski definition) is 1. The van der Waals surface area contributed by atoms with E-state index >= 15 is 0 Å². The summed E-state index contributed by atoms with van der Waals surface area (Å²) >= 11 is 0. The molecule has 2 aromatic rings. The molecule has 1 aliphatic heterocycles. The highest BCUT2D eigenvalue weighted by atomic mass is 16.5. The van der Waals surface area contributed by atoms with E-state index in [4.69, 9.17) is 4.74 Å². The maximum Gasteiger partial charge on any atom is 0.332 e. The van der Waals surface area contributed by atoms with Gasteiger partial charge >= 0.3 is 5.97 Å². The summed E-state index contributed by atoms with van der Waals surface area (Å²) in [5, 5.41) is 13.9. The third kappa shape index (κ3) is 3.15. The van der Waals surface area contributed by atoms with Gasteiger partial charge in [-0.05, 0) is 30.5 Å². The van der Waals surface area contributed by atoms with Crippen molar-refractivity contribution in [2.24, 2.45) is 0 Å². The first kappa shape index (κ1) is 17.2. The highest BCUT2D eigenvalue weighted by Gasteiger charge is 2.50. The highest BCUT2D eigenvalue weighted by Crippen LogP contribution is 2.32. The van der Waals surface area contributed by atoms with Crippen molar-refractivity contribution < 1.29 is 19.4 Å². The molecule has 1 N–H and O–H groups in total. The predicted octanol–water partition coefficient (Wildman–Crippen LogP) is 1.64. The molecule has 0 bridgehead atoms. The monoisotopic (exact) mass is 343 g/mol. The van der Waals surface area contributed by atoms with Gasteiger partial charge in [0.25, 0.3) is 5.91 Å². The molecule has 0 saturated carbocycles. The Morgan fingerprint density at radius 1 is 1.32 bits per heavy atom. The molecule has 1 amide bonds. The average molecular weight is 343 g/mol. The number of benzene rings is 1. The van der Waals surface area contributed by atoms with Gasteiger partial charge in [0.1, 0.15) is 0 Å². The van der Waals surface area contributed by atoms with Crippen LogP contribution >= 0.6 is 0 Å². The Labute approximate surface area is 145 Å². The lowest BCUT2D eigenvalue weighted by Crippen LogP contribution is -2.56. The molecule has 0 spiro atoms. The second kappa shape index (κ2) is 7.06. The minimum Gasteiger partial charge on any atom is -0.479 e. The van der Waals surface area contributed by atoms with Crippen molar-refractivity contribution in [3.63, 3.8) is 0 Å². The molecule has 25 heavy (non-hydrogen) atoms. The van der Waals surface area contributed by atoms with Gasteiger partial charge in [0.2, 0.25) is 0 Å². The zero-order valence-corrected chi connectivity index (χ0v) is 14.1. The molecular weight excluding hydrogens is 322 g/mol. The van der Waals surface area contributed by atoms with Gasteiger partial charge in [0, 0.05) is 31.6 Å². The molecule has 1 saturated heterocycles. The van der Waals surface area contributed by atoms with E-state index in [0.717, 1.165) is 5.56 Å². The number of nitrogens with zero attached hydrogens (tertiary/aromatic N) is 3. The molecule has 7 nitrogen and oxygen atoms in total. The van der Waals surface area contributed by atoms with Gasteiger partial charge in [-0.25, -0.2) is 4.79 Å². The summed E-state index contributed by atoms with van der Waals surface area (Å²) < 4.78 is 6.87. The number of methoxy groups -OCH3 is 1. The minimum absolute atomic E-state index is 0.0185. The standard InChI is InChI=1S/C18H21N3O4/c1-25-13-18(17(23)24)8-4-11-21(18)16(22)15-7-3-2-6-14(15)12-20-10-5-9-19-20/h2-3,5-7,9-10H,4,8,11-13H2,1H3,(H,23,24). The summed E-state index contributed by atoms with van der Waals surface area (Å²) in [6.45, 7) is 0.840. The third-order valence-corrected chi connectivity index (χ3v) is 4.65. The first-order valence-electron chi connectivity index (χ1n) is 8.18. The van der Waals surface area contributed by atoms with Gasteiger partial charge in [-0.3, -0.25) is 9.48 Å². The summed E-state index contributed by atoms with van der Waals surface area (Å²) in [4.78, 5) is 26.5. The number of aromatic nitrogens is 2. The van der Waals surface area contributed by atoms with Crippen LogP contribution < -0.4 is 0 Å². The van der Waals surface area contributed by atoms with E-state index in [2.05, 4.69) is 5.10 Å². The van der Waals surface area contributed by atoms with Crippen LogP contribution in [0, 0.1) is 0 Å². The highest BCUT2D eigenvalue weighted by molar-refractivity contribution is 5.99. The van der Waals surface area contributed by atoms with Crippen LogP contribution in [0.1, 0.15) is 28.8 Å². The summed E-state index contributed by atoms with van der Waals surface area (Å²) in [7, 11) is 1.46. The molecule has 1 unspecified atom stereocenters. The second-order valence-corrected chi connectivity index (χ2v) is 6.19. The number of carboxylic acids is 1. The smallest absolute Gasteiger partial charge is 0.332 e. The number of amides is 1. The van der Waals surface area contributed by atoms with Crippen molar-refractivity contribution in [1.82, 2.24) is 14.7 Å². The second-order valence-electron chi connectivity index (χ2n) is 6.19. The normalized spacial score (nSPS) is 20.0. The van der Waals surface area contributed by atoms with Gasteiger partial charge in [0.05, 0.1) is 13.2 Å². The molecule has 1 atom stereocenters. The topological polar surface area (TPSA) is 84.7 Å². The Hall–Kier alpha value is -2.67. The maximum absolute atomic E-state index is 13.2. The van der Waals surface area contributed by atoms with Crippen molar-refractivity contribution in [2.75, 3.05) is 20.3 Å². The zero-order chi connectivity index (χ0) is 17.9. The van der Waals surface area contributed by atoms with Gasteiger partial charge < -0.3 is 14.7 Å². The predicted molar refractivity (Wildman–Crippen MR) is 90.3 cm³/mol. The number of carbonyl (C=O) groups is 2. The van der Waals surface area contributed by atoms with Crippen LogP contribution in [0.25, 0.3) is 0 Å². The van der Waals surface area contributed by atoms with Crippen molar-refractivity contribution in [3.8, 4) is 0 Å². The summed E-state index contributed by atoms with van der Waals surface area (Å²) in [6.07, 6.45) is 4.54. The van der Waals surface area contributed by atoms with Gasteiger partial charge in [0.15, 0.2) is 5.54 Å². The minimum atomic E-state index is -1.30. The van der Waals surface area contributed by atoms with Crippen molar-refractivity contribution in [3.05, 3.63) is 53.9 Å². The largest absolute Gasteiger partial charge is 0.479 e. The van der Waals surface area contributed by atoms with Crippen LogP contribution in [0.3, 0.4) is 0 Å². The molecule has 3 rings (SSSR count). The Morgan fingerprint density at radius 3 is 2.80 bits per heavy atom. The van der Waals surface area contributed by atoms with Gasteiger partial charge in [-0.15, -0.1) is 0 Å². The van der Waals surface area contributed by atoms with E-state index in [-0.39, 0.29) is 12.5 Å². The fraction of sp³-hybridized carbons (Fsp3) is 0.389. The maximum atomic E-state index is 13.2. The number of rotatable bonds is 6. The van der Waals surface area contributed by atoms with Crippen LogP contribution in [0.5, 0.6) is 0 Å². The summed E-state index contributed by atoms with van der Waals surface area (Å²) in [6, 6.07) is 9.06. The summed E-state index contributed by atoms with van der Waals surface area (Å²) in [5.74, 6) is -1.30. The third-order valence-electron chi connectivity index (χ3n) is 4.65. The number of carboxylic acid groups (broad SMARTS) is 1. The molecule has 132 valence electrons. The lowest BCUT2D eigenvalue weighted by molar-refractivity contribution is -0.151. The van der Waals surface area contributed by atoms with Crippen molar-refractivity contribution >= 4 is 11.9 Å². The molecular formula is C18H21N3O4. The lowest BCUT2D eigenvalue weighted by atomic mass is 9.96. The van der Waals surface area contributed by atoms with Crippen LogP contribution in [0.15, 0.2) is 42.7 Å². The number of aliphatic carboxylic acids is 1. The van der Waals surface area contributed by atoms with Crippen molar-refractivity contribution in [2.45, 2.75) is 24.9 Å². The molecule has 0 radical (unpaired) electrons. The van der Waals surface area contributed by atoms with Crippen LogP contribution in [0.2, 0.25) is 0 Å². The Morgan fingerprint density at radius 2 is 2.12 bits per heavy atom. The van der Waals surface area contributed by atoms with E-state index in [1.807, 2.05) is 24.4 Å². The van der Waals surface area contributed by atoms with E-state index in [9.17, 15) is 14.7 Å². The van der Waals surface area contributed by atoms with Crippen LogP contribution in [0.4, 0.5) is 0 Å². The quantitative estimate of drug-likeness (QED) is 0.862. The number of carbonyl (C=O) groups excluding carboxylic acids is 1. The fourth-order valence-corrected chi connectivity index (χ4v) is 3.43. The Bertz CT molecular complexity index is 759. The fourth-order valence-electron chi connectivity index (χ4n) is 3.43. The number of likely N-dealkylation sites (tertiary alicyclic amines) is 1. The first-order valence-corrected chi connectivity index (χ1v) is 8.18. The molecule has 2 heterocycles. The van der Waals surface area contributed by atoms with E-state index in [1.54, 1.807) is 23.0 Å². The summed E-state index contributed by atoms with van der Waals surface area (Å²) in [5.41, 5.74) is 0.00594. The van der Waals surface area contributed by atoms with E-state index in [1.165, 1.54) is 12.0 Å². The van der Waals surface area contributed by atoms with Crippen LogP contribution in [-0.2, 0) is 16.1 Å². The lowest BCUT2D eigenvalue weighted by Gasteiger charge is -2.34.